The van der Waals surface area contributed by atoms with Gasteiger partial charge in [0.1, 0.15) is 0 Å². The Morgan fingerprint density at radius 1 is 1.10 bits per heavy atom. The van der Waals surface area contributed by atoms with E-state index in [1.807, 2.05) is 0 Å². The van der Waals surface area contributed by atoms with E-state index in [2.05, 4.69) is 22.0 Å². The van der Waals surface area contributed by atoms with E-state index < -0.39 is 0 Å². The molecule has 0 aromatic carbocycles. The van der Waals surface area contributed by atoms with Gasteiger partial charge in [0, 0.05) is 19.6 Å². The van der Waals surface area contributed by atoms with Crippen LogP contribution in [0.1, 0.15) is 39.0 Å². The molecule has 2 aliphatic rings. The highest BCUT2D eigenvalue weighted by atomic mass is 16.3. The molecule has 20 heavy (non-hydrogen) atoms. The average molecular weight is 283 g/mol. The van der Waals surface area contributed by atoms with Gasteiger partial charge in [-0.2, -0.15) is 0 Å². The second kappa shape index (κ2) is 8.98. The van der Waals surface area contributed by atoms with Gasteiger partial charge in [-0.1, -0.05) is 6.92 Å². The zero-order valence-electron chi connectivity index (χ0n) is 13.2. The number of β-amino-alcohol motifs (C(OH)–C–C–N with tert-alkyl or cyclic N) is 1. The Bertz CT molecular complexity index is 248. The Labute approximate surface area is 124 Å². The second-order valence-electron chi connectivity index (χ2n) is 6.61. The van der Waals surface area contributed by atoms with Gasteiger partial charge in [0.05, 0.1) is 6.10 Å². The molecule has 2 saturated heterocycles. The minimum Gasteiger partial charge on any atom is -0.390 e. The van der Waals surface area contributed by atoms with Gasteiger partial charge in [-0.3, -0.25) is 0 Å². The summed E-state index contributed by atoms with van der Waals surface area (Å²) in [6, 6.07) is 0. The van der Waals surface area contributed by atoms with Gasteiger partial charge in [-0.25, -0.2) is 0 Å². The Balaban J connectivity index is 1.56. The van der Waals surface area contributed by atoms with Gasteiger partial charge < -0.3 is 20.2 Å². The highest BCUT2D eigenvalue weighted by molar-refractivity contribution is 4.78. The lowest BCUT2D eigenvalue weighted by molar-refractivity contribution is 0.0827. The third-order valence-corrected chi connectivity index (χ3v) is 4.70. The van der Waals surface area contributed by atoms with Gasteiger partial charge in [-0.15, -0.1) is 0 Å². The summed E-state index contributed by atoms with van der Waals surface area (Å²) in [7, 11) is 0. The molecule has 2 fully saturated rings. The van der Waals surface area contributed by atoms with Crippen LogP contribution in [0.25, 0.3) is 0 Å². The van der Waals surface area contributed by atoms with E-state index >= 15 is 0 Å². The molecule has 0 aromatic heterocycles. The van der Waals surface area contributed by atoms with Crippen molar-refractivity contribution in [2.24, 2.45) is 5.92 Å². The molecule has 0 spiro atoms. The first-order valence-corrected chi connectivity index (χ1v) is 8.61. The zero-order chi connectivity index (χ0) is 14.2. The quantitative estimate of drug-likeness (QED) is 0.656. The molecule has 1 atom stereocenters. The Hall–Kier alpha value is -0.160. The van der Waals surface area contributed by atoms with Crippen LogP contribution in [-0.4, -0.2) is 73.4 Å². The first-order chi connectivity index (χ1) is 9.78. The lowest BCUT2D eigenvalue weighted by Gasteiger charge is -2.34. The highest BCUT2D eigenvalue weighted by Crippen LogP contribution is 2.20. The third kappa shape index (κ3) is 5.68. The summed E-state index contributed by atoms with van der Waals surface area (Å²) in [5.74, 6) is 0.889. The number of piperidine rings is 1. The monoisotopic (exact) mass is 283 g/mol. The molecule has 0 aromatic rings. The number of aliphatic hydroxyl groups is 1. The van der Waals surface area contributed by atoms with Gasteiger partial charge >= 0.3 is 0 Å². The van der Waals surface area contributed by atoms with Crippen molar-refractivity contribution in [3.63, 3.8) is 0 Å². The van der Waals surface area contributed by atoms with E-state index in [0.717, 1.165) is 32.0 Å². The first kappa shape index (κ1) is 16.2. The number of hydrogen-bond acceptors (Lipinski definition) is 4. The number of likely N-dealkylation sites (tertiary alicyclic amines) is 2. The van der Waals surface area contributed by atoms with E-state index in [0.29, 0.717) is 0 Å². The van der Waals surface area contributed by atoms with Crippen molar-refractivity contribution in [1.82, 2.24) is 15.1 Å². The molecule has 0 saturated carbocycles. The van der Waals surface area contributed by atoms with Crippen molar-refractivity contribution in [2.45, 2.75) is 45.1 Å². The summed E-state index contributed by atoms with van der Waals surface area (Å²) < 4.78 is 0. The van der Waals surface area contributed by atoms with E-state index in [1.165, 1.54) is 58.4 Å². The standard InChI is InChI=1S/C16H33N3O/c1-2-7-17-12-16(20)14-19-10-5-15(6-11-19)13-18-8-3-4-9-18/h15-17,20H,2-14H2,1H3. The second-order valence-corrected chi connectivity index (χ2v) is 6.61. The maximum Gasteiger partial charge on any atom is 0.0791 e. The predicted octanol–water partition coefficient (Wildman–Crippen LogP) is 1.15. The van der Waals surface area contributed by atoms with Crippen LogP contribution < -0.4 is 5.32 Å². The molecule has 0 aliphatic carbocycles. The first-order valence-electron chi connectivity index (χ1n) is 8.61. The highest BCUT2D eigenvalue weighted by Gasteiger charge is 2.23. The number of nitrogens with zero attached hydrogens (tertiary/aromatic N) is 2. The maximum atomic E-state index is 10.0. The smallest absolute Gasteiger partial charge is 0.0791 e. The molecule has 2 rings (SSSR count). The van der Waals surface area contributed by atoms with Crippen LogP contribution in [0.4, 0.5) is 0 Å². The van der Waals surface area contributed by atoms with Crippen molar-refractivity contribution in [2.75, 3.05) is 52.4 Å². The summed E-state index contributed by atoms with van der Waals surface area (Å²) >= 11 is 0. The molecule has 2 heterocycles. The summed E-state index contributed by atoms with van der Waals surface area (Å²) in [4.78, 5) is 5.09. The fraction of sp³-hybridized carbons (Fsp3) is 1.00. The van der Waals surface area contributed by atoms with E-state index in [1.54, 1.807) is 0 Å². The minimum absolute atomic E-state index is 0.211. The van der Waals surface area contributed by atoms with E-state index in [-0.39, 0.29) is 6.10 Å². The molecule has 0 amide bonds. The number of rotatable bonds is 8. The molecule has 2 N–H and O–H groups in total. The number of aliphatic hydroxyl groups excluding tert-OH is 1. The van der Waals surface area contributed by atoms with Crippen LogP contribution in [0.5, 0.6) is 0 Å². The van der Waals surface area contributed by atoms with E-state index in [4.69, 9.17) is 0 Å². The maximum absolute atomic E-state index is 10.0. The van der Waals surface area contributed by atoms with Crippen LogP contribution in [0.3, 0.4) is 0 Å². The SMILES string of the molecule is CCCNCC(O)CN1CCC(CN2CCCC2)CC1. The molecular formula is C16H33N3O. The van der Waals surface area contributed by atoms with Crippen LogP contribution in [0.2, 0.25) is 0 Å². The van der Waals surface area contributed by atoms with Gasteiger partial charge in [0.2, 0.25) is 0 Å². The van der Waals surface area contributed by atoms with Crippen molar-refractivity contribution < 1.29 is 5.11 Å². The number of nitrogens with one attached hydrogen (secondary N) is 1. The summed E-state index contributed by atoms with van der Waals surface area (Å²) in [5.41, 5.74) is 0. The molecule has 0 radical (unpaired) electrons. The van der Waals surface area contributed by atoms with Crippen LogP contribution in [-0.2, 0) is 0 Å². The molecule has 2 aliphatic heterocycles. The zero-order valence-corrected chi connectivity index (χ0v) is 13.2. The predicted molar refractivity (Wildman–Crippen MR) is 84.0 cm³/mol. The Morgan fingerprint density at radius 3 is 2.45 bits per heavy atom. The largest absolute Gasteiger partial charge is 0.390 e. The van der Waals surface area contributed by atoms with Crippen LogP contribution in [0, 0.1) is 5.92 Å². The fourth-order valence-electron chi connectivity index (χ4n) is 3.49. The summed E-state index contributed by atoms with van der Waals surface area (Å²) in [5, 5.41) is 13.3. The Kier molecular flexibility index (Phi) is 7.28. The molecule has 4 nitrogen and oxygen atoms in total. The van der Waals surface area contributed by atoms with Crippen molar-refractivity contribution >= 4 is 0 Å². The van der Waals surface area contributed by atoms with Crippen LogP contribution >= 0.6 is 0 Å². The molecular weight excluding hydrogens is 250 g/mol. The Morgan fingerprint density at radius 2 is 1.80 bits per heavy atom. The van der Waals surface area contributed by atoms with Crippen LogP contribution in [0.15, 0.2) is 0 Å². The minimum atomic E-state index is -0.211. The molecule has 118 valence electrons. The lowest BCUT2D eigenvalue weighted by atomic mass is 9.96. The topological polar surface area (TPSA) is 38.7 Å². The summed E-state index contributed by atoms with van der Waals surface area (Å²) in [6.07, 6.45) is 6.34. The van der Waals surface area contributed by atoms with E-state index in [9.17, 15) is 5.11 Å². The van der Waals surface area contributed by atoms with Crippen molar-refractivity contribution in [3.8, 4) is 0 Å². The van der Waals surface area contributed by atoms with Crippen molar-refractivity contribution in [1.29, 1.82) is 0 Å². The normalized spacial score (nSPS) is 24.3. The van der Waals surface area contributed by atoms with Gasteiger partial charge in [0.25, 0.3) is 0 Å². The third-order valence-electron chi connectivity index (χ3n) is 4.70. The van der Waals surface area contributed by atoms with Gasteiger partial charge in [0.15, 0.2) is 0 Å². The molecule has 1 unspecified atom stereocenters. The fourth-order valence-corrected chi connectivity index (χ4v) is 3.49. The molecule has 4 heteroatoms. The average Bonchev–Trinajstić information content (AvgIpc) is 2.94. The summed E-state index contributed by atoms with van der Waals surface area (Å²) in [6.45, 7) is 11.0. The number of hydrogen-bond donors (Lipinski definition) is 2. The lowest BCUT2D eigenvalue weighted by Crippen LogP contribution is -2.43. The van der Waals surface area contributed by atoms with Crippen molar-refractivity contribution in [3.05, 3.63) is 0 Å². The van der Waals surface area contributed by atoms with Gasteiger partial charge in [-0.05, 0) is 70.7 Å². The molecule has 0 bridgehead atoms.